The number of benzene rings is 4. The fourth-order valence-corrected chi connectivity index (χ4v) is 3.30. The monoisotopic (exact) mass is 334 g/mol. The lowest BCUT2D eigenvalue weighted by atomic mass is 9.96. The second kappa shape index (κ2) is 7.01. The van der Waals surface area contributed by atoms with Crippen molar-refractivity contribution in [2.45, 2.75) is 13.8 Å². The van der Waals surface area contributed by atoms with Crippen LogP contribution in [0.5, 0.6) is 0 Å². The van der Waals surface area contributed by atoms with Crippen molar-refractivity contribution in [3.63, 3.8) is 0 Å². The van der Waals surface area contributed by atoms with Gasteiger partial charge in [0.1, 0.15) is 0 Å². The molecule has 4 aromatic carbocycles. The second-order valence-electron chi connectivity index (χ2n) is 6.89. The van der Waals surface area contributed by atoms with E-state index < -0.39 is 0 Å². The van der Waals surface area contributed by atoms with E-state index in [1.807, 2.05) is 0 Å². The van der Waals surface area contributed by atoms with Crippen LogP contribution in [0.15, 0.2) is 97.1 Å². The van der Waals surface area contributed by atoms with E-state index in [-0.39, 0.29) is 0 Å². The molecule has 126 valence electrons. The zero-order valence-electron chi connectivity index (χ0n) is 15.2. The molecule has 0 amide bonds. The molecule has 0 nitrogen and oxygen atoms in total. The maximum Gasteiger partial charge on any atom is -0.0178 e. The standard InChI is InChI=1S/C26H22/c1-19-9-11-21(12-10-19)25-7-4-8-26(18-25)23-15-13-22(14-16-23)24-6-3-5-20(2)17-24/h3-18H,1-2H3. The summed E-state index contributed by atoms with van der Waals surface area (Å²) in [6, 6.07) is 35.0. The molecule has 0 aliphatic heterocycles. The summed E-state index contributed by atoms with van der Waals surface area (Å²) in [5, 5.41) is 0. The highest BCUT2D eigenvalue weighted by atomic mass is 14.1. The van der Waals surface area contributed by atoms with Gasteiger partial charge in [-0.1, -0.05) is 102 Å². The summed E-state index contributed by atoms with van der Waals surface area (Å²) in [6.45, 7) is 4.25. The summed E-state index contributed by atoms with van der Waals surface area (Å²) in [4.78, 5) is 0. The molecule has 0 atom stereocenters. The van der Waals surface area contributed by atoms with Crippen LogP contribution in [-0.4, -0.2) is 0 Å². The van der Waals surface area contributed by atoms with Gasteiger partial charge in [-0.25, -0.2) is 0 Å². The number of hydrogen-bond donors (Lipinski definition) is 0. The van der Waals surface area contributed by atoms with Gasteiger partial charge < -0.3 is 0 Å². The van der Waals surface area contributed by atoms with Crippen LogP contribution in [0.4, 0.5) is 0 Å². The Balaban J connectivity index is 1.65. The van der Waals surface area contributed by atoms with Crippen molar-refractivity contribution >= 4 is 0 Å². The SMILES string of the molecule is Cc1ccc(-c2cccc(-c3ccc(-c4cccc(C)c4)cc3)c2)cc1. The third-order valence-electron chi connectivity index (χ3n) is 4.82. The van der Waals surface area contributed by atoms with E-state index in [1.54, 1.807) is 0 Å². The fourth-order valence-electron chi connectivity index (χ4n) is 3.30. The Bertz CT molecular complexity index is 1020. The molecule has 4 aromatic rings. The van der Waals surface area contributed by atoms with Crippen LogP contribution in [0.2, 0.25) is 0 Å². The first-order valence-corrected chi connectivity index (χ1v) is 9.04. The minimum absolute atomic E-state index is 1.25. The first-order valence-electron chi connectivity index (χ1n) is 9.04. The first kappa shape index (κ1) is 16.4. The summed E-state index contributed by atoms with van der Waals surface area (Å²) >= 11 is 0. The lowest BCUT2D eigenvalue weighted by Gasteiger charge is -2.08. The average molecular weight is 334 g/mol. The Labute approximate surface area is 155 Å². The summed E-state index contributed by atoms with van der Waals surface area (Å²) < 4.78 is 0. The predicted octanol–water partition coefficient (Wildman–Crippen LogP) is 7.30. The molecule has 0 fully saturated rings. The molecule has 0 heterocycles. The molecule has 0 bridgehead atoms. The maximum absolute atomic E-state index is 2.27. The minimum Gasteiger partial charge on any atom is -0.0614 e. The molecule has 0 saturated heterocycles. The third-order valence-corrected chi connectivity index (χ3v) is 4.82. The zero-order chi connectivity index (χ0) is 17.9. The van der Waals surface area contributed by atoms with Gasteiger partial charge in [0.15, 0.2) is 0 Å². The van der Waals surface area contributed by atoms with Crippen molar-refractivity contribution in [2.75, 3.05) is 0 Å². The van der Waals surface area contributed by atoms with Crippen molar-refractivity contribution in [1.29, 1.82) is 0 Å². The molecule has 0 aliphatic carbocycles. The Morgan fingerprint density at radius 2 is 0.769 bits per heavy atom. The minimum atomic E-state index is 1.25. The Kier molecular flexibility index (Phi) is 4.41. The first-order chi connectivity index (χ1) is 12.7. The molecule has 26 heavy (non-hydrogen) atoms. The Morgan fingerprint density at radius 1 is 0.346 bits per heavy atom. The van der Waals surface area contributed by atoms with Crippen molar-refractivity contribution in [1.82, 2.24) is 0 Å². The largest absolute Gasteiger partial charge is 0.0614 e. The summed E-state index contributed by atoms with van der Waals surface area (Å²) in [7, 11) is 0. The van der Waals surface area contributed by atoms with Crippen LogP contribution < -0.4 is 0 Å². The molecule has 0 N–H and O–H groups in total. The van der Waals surface area contributed by atoms with Crippen molar-refractivity contribution in [3.05, 3.63) is 108 Å². The molecule has 0 aliphatic rings. The van der Waals surface area contributed by atoms with Crippen LogP contribution in [0.1, 0.15) is 11.1 Å². The Morgan fingerprint density at radius 3 is 1.27 bits per heavy atom. The molecular weight excluding hydrogens is 312 g/mol. The highest BCUT2D eigenvalue weighted by molar-refractivity contribution is 5.75. The normalized spacial score (nSPS) is 10.7. The second-order valence-corrected chi connectivity index (χ2v) is 6.89. The van der Waals surface area contributed by atoms with Crippen LogP contribution in [0.25, 0.3) is 33.4 Å². The maximum atomic E-state index is 2.27. The number of rotatable bonds is 3. The van der Waals surface area contributed by atoms with Gasteiger partial charge >= 0.3 is 0 Å². The Hall–Kier alpha value is -3.12. The van der Waals surface area contributed by atoms with Gasteiger partial charge in [0.25, 0.3) is 0 Å². The van der Waals surface area contributed by atoms with Gasteiger partial charge in [-0.3, -0.25) is 0 Å². The average Bonchev–Trinajstić information content (AvgIpc) is 2.69. The summed E-state index contributed by atoms with van der Waals surface area (Å²) in [5.74, 6) is 0. The topological polar surface area (TPSA) is 0 Å². The lowest BCUT2D eigenvalue weighted by Crippen LogP contribution is -1.83. The van der Waals surface area contributed by atoms with Gasteiger partial charge in [0.2, 0.25) is 0 Å². The van der Waals surface area contributed by atoms with Gasteiger partial charge in [0, 0.05) is 0 Å². The molecule has 0 heteroatoms. The molecular formula is C26H22. The molecule has 0 saturated carbocycles. The molecule has 4 rings (SSSR count). The van der Waals surface area contributed by atoms with E-state index in [9.17, 15) is 0 Å². The van der Waals surface area contributed by atoms with Crippen LogP contribution in [0.3, 0.4) is 0 Å². The van der Waals surface area contributed by atoms with Crippen molar-refractivity contribution < 1.29 is 0 Å². The molecule has 0 radical (unpaired) electrons. The van der Waals surface area contributed by atoms with E-state index in [2.05, 4.69) is 111 Å². The highest BCUT2D eigenvalue weighted by Gasteiger charge is 2.03. The van der Waals surface area contributed by atoms with E-state index in [4.69, 9.17) is 0 Å². The van der Waals surface area contributed by atoms with Gasteiger partial charge in [-0.2, -0.15) is 0 Å². The molecule has 0 spiro atoms. The fraction of sp³-hybridized carbons (Fsp3) is 0.0769. The third kappa shape index (κ3) is 3.45. The van der Waals surface area contributed by atoms with Crippen LogP contribution in [-0.2, 0) is 0 Å². The van der Waals surface area contributed by atoms with Gasteiger partial charge in [0.05, 0.1) is 0 Å². The predicted molar refractivity (Wildman–Crippen MR) is 112 cm³/mol. The zero-order valence-corrected chi connectivity index (χ0v) is 15.2. The molecule has 0 unspecified atom stereocenters. The van der Waals surface area contributed by atoms with E-state index in [0.717, 1.165) is 0 Å². The smallest absolute Gasteiger partial charge is 0.0178 e. The molecule has 0 aromatic heterocycles. The van der Waals surface area contributed by atoms with Gasteiger partial charge in [-0.05, 0) is 53.3 Å². The van der Waals surface area contributed by atoms with Crippen molar-refractivity contribution in [3.8, 4) is 33.4 Å². The van der Waals surface area contributed by atoms with Crippen LogP contribution >= 0.6 is 0 Å². The van der Waals surface area contributed by atoms with E-state index in [0.29, 0.717) is 0 Å². The summed E-state index contributed by atoms with van der Waals surface area (Å²) in [6.07, 6.45) is 0. The quantitative estimate of drug-likeness (QED) is 0.368. The number of hydrogen-bond acceptors (Lipinski definition) is 0. The van der Waals surface area contributed by atoms with Crippen LogP contribution in [0, 0.1) is 13.8 Å². The lowest BCUT2D eigenvalue weighted by molar-refractivity contribution is 1.46. The summed E-state index contributed by atoms with van der Waals surface area (Å²) in [5.41, 5.74) is 10.1. The van der Waals surface area contributed by atoms with E-state index >= 15 is 0 Å². The van der Waals surface area contributed by atoms with Crippen molar-refractivity contribution in [2.24, 2.45) is 0 Å². The number of aryl methyl sites for hydroxylation is 2. The van der Waals surface area contributed by atoms with Gasteiger partial charge in [-0.15, -0.1) is 0 Å². The van der Waals surface area contributed by atoms with E-state index in [1.165, 1.54) is 44.5 Å². The highest BCUT2D eigenvalue weighted by Crippen LogP contribution is 2.29.